The van der Waals surface area contributed by atoms with Gasteiger partial charge in [0.1, 0.15) is 0 Å². The van der Waals surface area contributed by atoms with E-state index in [9.17, 15) is 0 Å². The smallest absolute Gasteiger partial charge is 0.0991 e. The number of benzene rings is 2. The summed E-state index contributed by atoms with van der Waals surface area (Å²) < 4.78 is 0. The van der Waals surface area contributed by atoms with Crippen LogP contribution in [0.2, 0.25) is 0 Å². The molecular weight excluding hydrogens is 330 g/mol. The predicted molar refractivity (Wildman–Crippen MR) is 110 cm³/mol. The maximum Gasteiger partial charge on any atom is 0.0991 e. The van der Waals surface area contributed by atoms with Crippen molar-refractivity contribution in [2.75, 3.05) is 0 Å². The van der Waals surface area contributed by atoms with E-state index in [2.05, 4.69) is 52.0 Å². The molecule has 3 aromatic rings. The first-order valence-corrected chi connectivity index (χ1v) is 9.33. The third kappa shape index (κ3) is 4.23. The molecule has 0 amide bonds. The number of nitriles is 1. The highest BCUT2D eigenvalue weighted by molar-refractivity contribution is 5.69. The Morgan fingerprint density at radius 3 is 2.30 bits per heavy atom. The monoisotopic (exact) mass is 355 g/mol. The molecule has 0 unspecified atom stereocenters. The van der Waals surface area contributed by atoms with Crippen LogP contribution >= 0.6 is 0 Å². The van der Waals surface area contributed by atoms with Crippen molar-refractivity contribution < 1.29 is 0 Å². The zero-order chi connectivity index (χ0) is 19.6. The summed E-state index contributed by atoms with van der Waals surface area (Å²) in [5.41, 5.74) is 9.17. The van der Waals surface area contributed by atoms with E-state index in [-0.39, 0.29) is 0 Å². The van der Waals surface area contributed by atoms with E-state index in [1.54, 1.807) is 0 Å². The summed E-state index contributed by atoms with van der Waals surface area (Å²) in [5, 5.41) is 9.10. The van der Waals surface area contributed by atoms with Crippen LogP contribution in [0.25, 0.3) is 22.5 Å². The SMILES string of the molecule is Cc1cc(C)cc(-c2ncc(-c3ccc(C#N)cc3C)nc2CC(C)C)c1. The molecule has 0 aliphatic heterocycles. The molecule has 0 aliphatic carbocycles. The molecule has 0 N–H and O–H groups in total. The number of rotatable bonds is 4. The van der Waals surface area contributed by atoms with Gasteiger partial charge < -0.3 is 0 Å². The summed E-state index contributed by atoms with van der Waals surface area (Å²) in [4.78, 5) is 9.81. The number of hydrogen-bond donors (Lipinski definition) is 0. The minimum absolute atomic E-state index is 0.487. The number of nitrogens with zero attached hydrogens (tertiary/aromatic N) is 3. The molecule has 0 radical (unpaired) electrons. The van der Waals surface area contributed by atoms with Crippen LogP contribution in [0.4, 0.5) is 0 Å². The Morgan fingerprint density at radius 2 is 1.70 bits per heavy atom. The molecule has 0 saturated carbocycles. The largest absolute Gasteiger partial charge is 0.252 e. The van der Waals surface area contributed by atoms with Gasteiger partial charge >= 0.3 is 0 Å². The summed E-state index contributed by atoms with van der Waals surface area (Å²) in [6.07, 6.45) is 2.73. The third-order valence-electron chi connectivity index (χ3n) is 4.57. The van der Waals surface area contributed by atoms with Gasteiger partial charge in [0, 0.05) is 11.1 Å². The quantitative estimate of drug-likeness (QED) is 0.594. The zero-order valence-electron chi connectivity index (χ0n) is 16.7. The lowest BCUT2D eigenvalue weighted by Crippen LogP contribution is -2.04. The number of hydrogen-bond acceptors (Lipinski definition) is 3. The van der Waals surface area contributed by atoms with Gasteiger partial charge in [0.25, 0.3) is 0 Å². The maximum absolute atomic E-state index is 9.10. The van der Waals surface area contributed by atoms with Crippen LogP contribution in [0.5, 0.6) is 0 Å². The highest BCUT2D eigenvalue weighted by Crippen LogP contribution is 2.28. The van der Waals surface area contributed by atoms with E-state index >= 15 is 0 Å². The summed E-state index contributed by atoms with van der Waals surface area (Å²) in [6, 6.07) is 14.4. The van der Waals surface area contributed by atoms with Gasteiger partial charge in [-0.1, -0.05) is 37.1 Å². The molecule has 0 atom stereocenters. The second kappa shape index (κ2) is 7.72. The zero-order valence-corrected chi connectivity index (χ0v) is 16.7. The standard InChI is InChI=1S/C24H25N3/c1-15(2)8-22-24(20-10-16(3)9-17(4)11-20)26-14-23(27-22)21-7-6-19(13-25)12-18(21)5/h6-7,9-12,14-15H,8H2,1-5H3. The predicted octanol–water partition coefficient (Wildman–Crippen LogP) is 5.81. The van der Waals surface area contributed by atoms with Gasteiger partial charge in [0.15, 0.2) is 0 Å². The van der Waals surface area contributed by atoms with Gasteiger partial charge in [0.05, 0.1) is 34.9 Å². The van der Waals surface area contributed by atoms with E-state index in [1.807, 2.05) is 31.3 Å². The van der Waals surface area contributed by atoms with Gasteiger partial charge in [-0.2, -0.15) is 5.26 Å². The molecular formula is C24H25N3. The molecule has 136 valence electrons. The maximum atomic E-state index is 9.10. The topological polar surface area (TPSA) is 49.6 Å². The van der Waals surface area contributed by atoms with Crippen LogP contribution in [0.15, 0.2) is 42.6 Å². The van der Waals surface area contributed by atoms with E-state index < -0.39 is 0 Å². The van der Waals surface area contributed by atoms with Crippen LogP contribution in [-0.2, 0) is 6.42 Å². The Balaban J connectivity index is 2.13. The highest BCUT2D eigenvalue weighted by Gasteiger charge is 2.14. The first-order valence-electron chi connectivity index (χ1n) is 9.33. The average molecular weight is 355 g/mol. The fourth-order valence-corrected chi connectivity index (χ4v) is 3.46. The Labute approximate surface area is 161 Å². The Kier molecular flexibility index (Phi) is 5.37. The molecule has 0 spiro atoms. The molecule has 2 aromatic carbocycles. The Bertz CT molecular complexity index is 1010. The van der Waals surface area contributed by atoms with Crippen LogP contribution in [-0.4, -0.2) is 9.97 Å². The third-order valence-corrected chi connectivity index (χ3v) is 4.57. The first kappa shape index (κ1) is 18.8. The first-order chi connectivity index (χ1) is 12.9. The number of aromatic nitrogens is 2. The van der Waals surface area contributed by atoms with E-state index in [0.29, 0.717) is 11.5 Å². The molecule has 0 bridgehead atoms. The van der Waals surface area contributed by atoms with Crippen molar-refractivity contribution in [1.29, 1.82) is 5.26 Å². The van der Waals surface area contributed by atoms with Gasteiger partial charge in [-0.3, -0.25) is 4.98 Å². The lowest BCUT2D eigenvalue weighted by Gasteiger charge is -2.14. The highest BCUT2D eigenvalue weighted by atomic mass is 14.8. The van der Waals surface area contributed by atoms with E-state index in [1.165, 1.54) is 11.1 Å². The van der Waals surface area contributed by atoms with Gasteiger partial charge in [-0.05, 0) is 62.9 Å². The molecule has 3 heteroatoms. The van der Waals surface area contributed by atoms with Crippen molar-refractivity contribution in [3.05, 3.63) is 70.5 Å². The molecule has 1 aromatic heterocycles. The van der Waals surface area contributed by atoms with E-state index in [0.717, 1.165) is 40.2 Å². The fourth-order valence-electron chi connectivity index (χ4n) is 3.46. The van der Waals surface area contributed by atoms with Gasteiger partial charge in [-0.25, -0.2) is 4.98 Å². The van der Waals surface area contributed by atoms with Crippen LogP contribution in [0, 0.1) is 38.0 Å². The summed E-state index contributed by atoms with van der Waals surface area (Å²) in [7, 11) is 0. The Hall–Kier alpha value is -2.99. The normalized spacial score (nSPS) is 10.9. The number of aryl methyl sites for hydroxylation is 3. The van der Waals surface area contributed by atoms with Crippen molar-refractivity contribution >= 4 is 0 Å². The Morgan fingerprint density at radius 1 is 1.00 bits per heavy atom. The van der Waals surface area contributed by atoms with Crippen molar-refractivity contribution in [3.63, 3.8) is 0 Å². The van der Waals surface area contributed by atoms with Crippen LogP contribution < -0.4 is 0 Å². The lowest BCUT2D eigenvalue weighted by atomic mass is 9.98. The molecule has 0 fully saturated rings. The van der Waals surface area contributed by atoms with Crippen molar-refractivity contribution in [2.45, 2.75) is 41.0 Å². The van der Waals surface area contributed by atoms with Crippen molar-refractivity contribution in [1.82, 2.24) is 9.97 Å². The molecule has 3 nitrogen and oxygen atoms in total. The molecule has 1 heterocycles. The van der Waals surface area contributed by atoms with Crippen LogP contribution in [0.1, 0.15) is 41.8 Å². The summed E-state index contributed by atoms with van der Waals surface area (Å²) in [6.45, 7) is 10.6. The van der Waals surface area contributed by atoms with Crippen molar-refractivity contribution in [2.24, 2.45) is 5.92 Å². The summed E-state index contributed by atoms with van der Waals surface area (Å²) in [5.74, 6) is 0.487. The molecule has 0 saturated heterocycles. The lowest BCUT2D eigenvalue weighted by molar-refractivity contribution is 0.635. The minimum Gasteiger partial charge on any atom is -0.252 e. The van der Waals surface area contributed by atoms with E-state index in [4.69, 9.17) is 15.2 Å². The molecule has 0 aliphatic rings. The molecule has 27 heavy (non-hydrogen) atoms. The minimum atomic E-state index is 0.487. The fraction of sp³-hybridized carbons (Fsp3) is 0.292. The van der Waals surface area contributed by atoms with Crippen LogP contribution in [0.3, 0.4) is 0 Å². The second-order valence-electron chi connectivity index (χ2n) is 7.67. The average Bonchev–Trinajstić information content (AvgIpc) is 2.60. The van der Waals surface area contributed by atoms with Crippen molar-refractivity contribution in [3.8, 4) is 28.6 Å². The second-order valence-corrected chi connectivity index (χ2v) is 7.67. The molecule has 3 rings (SSSR count). The van der Waals surface area contributed by atoms with Gasteiger partial charge in [-0.15, -0.1) is 0 Å². The van der Waals surface area contributed by atoms with Gasteiger partial charge in [0.2, 0.25) is 0 Å². The summed E-state index contributed by atoms with van der Waals surface area (Å²) >= 11 is 0.